The maximum atomic E-state index is 12.6. The summed E-state index contributed by atoms with van der Waals surface area (Å²) in [6, 6.07) is 16.5. The molecule has 9 heteroatoms. The van der Waals surface area contributed by atoms with Crippen molar-refractivity contribution in [2.24, 2.45) is 4.99 Å². The van der Waals surface area contributed by atoms with Gasteiger partial charge in [-0.3, -0.25) is 19.9 Å². The number of anilines is 1. The van der Waals surface area contributed by atoms with E-state index < -0.39 is 4.92 Å². The van der Waals surface area contributed by atoms with E-state index in [9.17, 15) is 20.0 Å². The number of phenols is 1. The second kappa shape index (κ2) is 9.45. The molecule has 0 saturated heterocycles. The Labute approximate surface area is 194 Å². The third kappa shape index (κ3) is 4.73. The number of aromatic hydroxyl groups is 1. The molecule has 0 aliphatic carbocycles. The number of hydrogen-bond acceptors (Lipinski definition) is 7. The minimum atomic E-state index is -0.567. The molecule has 172 valence electrons. The van der Waals surface area contributed by atoms with E-state index >= 15 is 0 Å². The van der Waals surface area contributed by atoms with Gasteiger partial charge in [0.15, 0.2) is 17.3 Å². The first-order valence-electron chi connectivity index (χ1n) is 10.4. The summed E-state index contributed by atoms with van der Waals surface area (Å²) >= 11 is 0. The van der Waals surface area contributed by atoms with Gasteiger partial charge in [-0.05, 0) is 49.7 Å². The third-order valence-electron chi connectivity index (χ3n) is 5.06. The minimum Gasteiger partial charge on any atom is -0.504 e. The number of hydrogen-bond donors (Lipinski definition) is 2. The molecule has 1 aromatic heterocycles. The predicted octanol–water partition coefficient (Wildman–Crippen LogP) is 5.76. The molecule has 0 spiro atoms. The number of carbonyl (C=O) groups excluding carboxylic acids is 1. The fourth-order valence-electron chi connectivity index (χ4n) is 3.37. The zero-order valence-electron chi connectivity index (χ0n) is 18.4. The lowest BCUT2D eigenvalue weighted by Crippen LogP contribution is -2.11. The summed E-state index contributed by atoms with van der Waals surface area (Å²) in [7, 11) is 0. The number of ether oxygens (including phenoxy) is 1. The molecule has 2 N–H and O–H groups in total. The summed E-state index contributed by atoms with van der Waals surface area (Å²) < 4.78 is 10.9. The molecule has 0 aliphatic rings. The number of phenolic OH excluding ortho intramolecular Hbond substituents is 1. The van der Waals surface area contributed by atoms with Gasteiger partial charge in [0.25, 0.3) is 11.6 Å². The van der Waals surface area contributed by atoms with Crippen molar-refractivity contribution in [2.45, 2.75) is 13.8 Å². The van der Waals surface area contributed by atoms with Crippen LogP contribution in [0.25, 0.3) is 11.0 Å². The summed E-state index contributed by atoms with van der Waals surface area (Å²) in [5.41, 5.74) is 2.42. The van der Waals surface area contributed by atoms with E-state index in [1.165, 1.54) is 18.3 Å². The van der Waals surface area contributed by atoms with Crippen molar-refractivity contribution in [3.05, 3.63) is 87.7 Å². The zero-order valence-corrected chi connectivity index (χ0v) is 18.4. The number of nitro benzene ring substituents is 1. The molecule has 0 atom stereocenters. The van der Waals surface area contributed by atoms with Crippen LogP contribution in [-0.2, 0) is 0 Å². The Kier molecular flexibility index (Phi) is 6.26. The van der Waals surface area contributed by atoms with E-state index in [1.54, 1.807) is 37.3 Å². The first kappa shape index (κ1) is 22.5. The molecule has 4 rings (SSSR count). The van der Waals surface area contributed by atoms with Crippen LogP contribution in [0.3, 0.4) is 0 Å². The van der Waals surface area contributed by atoms with E-state index in [4.69, 9.17) is 9.15 Å². The molecular weight excluding hydrogens is 438 g/mol. The molecule has 9 nitrogen and oxygen atoms in total. The smallest absolute Gasteiger partial charge is 0.291 e. The molecule has 0 radical (unpaired) electrons. The van der Waals surface area contributed by atoms with Crippen LogP contribution in [0.1, 0.15) is 28.6 Å². The number of nitrogens with zero attached hydrogens (tertiary/aromatic N) is 2. The Morgan fingerprint density at radius 3 is 2.71 bits per heavy atom. The monoisotopic (exact) mass is 459 g/mol. The average molecular weight is 459 g/mol. The second-order valence-corrected chi connectivity index (χ2v) is 7.43. The van der Waals surface area contributed by atoms with Crippen LogP contribution in [0.4, 0.5) is 17.1 Å². The van der Waals surface area contributed by atoms with E-state index in [0.29, 0.717) is 17.0 Å². The number of furan rings is 1. The number of amides is 1. The zero-order chi connectivity index (χ0) is 24.2. The van der Waals surface area contributed by atoms with Crippen LogP contribution in [0.15, 0.2) is 70.1 Å². The Morgan fingerprint density at radius 1 is 1.21 bits per heavy atom. The van der Waals surface area contributed by atoms with E-state index in [1.807, 2.05) is 25.1 Å². The quantitative estimate of drug-likeness (QED) is 0.206. The van der Waals surface area contributed by atoms with Crippen molar-refractivity contribution in [2.75, 3.05) is 11.9 Å². The Morgan fingerprint density at radius 2 is 2.00 bits per heavy atom. The molecular formula is C25H21N3O6. The number of nitro groups is 1. The number of benzene rings is 3. The number of aryl methyl sites for hydroxylation is 1. The number of rotatable bonds is 7. The van der Waals surface area contributed by atoms with Crippen molar-refractivity contribution < 1.29 is 24.0 Å². The fraction of sp³-hybridized carbons (Fsp3) is 0.120. The van der Waals surface area contributed by atoms with E-state index in [2.05, 4.69) is 10.3 Å². The summed E-state index contributed by atoms with van der Waals surface area (Å²) in [6.45, 7) is 3.76. The van der Waals surface area contributed by atoms with Gasteiger partial charge in [0.05, 0.1) is 23.3 Å². The van der Waals surface area contributed by atoms with Gasteiger partial charge >= 0.3 is 0 Å². The molecule has 0 saturated carbocycles. The fourth-order valence-corrected chi connectivity index (χ4v) is 3.37. The average Bonchev–Trinajstić information content (AvgIpc) is 3.25. The molecule has 1 amide bonds. The van der Waals surface area contributed by atoms with Gasteiger partial charge in [-0.1, -0.05) is 18.2 Å². The van der Waals surface area contributed by atoms with Gasteiger partial charge in [-0.2, -0.15) is 0 Å². The van der Waals surface area contributed by atoms with Crippen molar-refractivity contribution >= 4 is 40.2 Å². The second-order valence-electron chi connectivity index (χ2n) is 7.43. The number of nitrogens with one attached hydrogen (secondary N) is 1. The largest absolute Gasteiger partial charge is 0.504 e. The highest BCUT2D eigenvalue weighted by molar-refractivity contribution is 6.05. The molecule has 0 unspecified atom stereocenters. The van der Waals surface area contributed by atoms with Crippen LogP contribution in [0.2, 0.25) is 0 Å². The first-order valence-corrected chi connectivity index (χ1v) is 10.4. The molecule has 34 heavy (non-hydrogen) atoms. The van der Waals surface area contributed by atoms with Gasteiger partial charge in [-0.25, -0.2) is 0 Å². The number of non-ortho nitro benzene ring substituents is 1. The van der Waals surface area contributed by atoms with Gasteiger partial charge in [0.2, 0.25) is 0 Å². The number of fused-ring (bicyclic) bond motifs is 1. The summed E-state index contributed by atoms with van der Waals surface area (Å²) in [4.78, 5) is 27.6. The van der Waals surface area contributed by atoms with Gasteiger partial charge in [0.1, 0.15) is 5.58 Å². The molecule has 3 aromatic carbocycles. The molecule has 1 heterocycles. The number of carbonyl (C=O) groups is 1. The molecule has 0 bridgehead atoms. The highest BCUT2D eigenvalue weighted by atomic mass is 16.6. The van der Waals surface area contributed by atoms with Crippen molar-refractivity contribution in [1.82, 2.24) is 0 Å². The van der Waals surface area contributed by atoms with Crippen LogP contribution in [0, 0.1) is 17.0 Å². The van der Waals surface area contributed by atoms with Crippen LogP contribution in [-0.4, -0.2) is 28.8 Å². The van der Waals surface area contributed by atoms with E-state index in [-0.39, 0.29) is 41.0 Å². The predicted molar refractivity (Wildman–Crippen MR) is 129 cm³/mol. The van der Waals surface area contributed by atoms with Crippen LogP contribution >= 0.6 is 0 Å². The Balaban J connectivity index is 1.54. The molecule has 0 aliphatic heterocycles. The topological polar surface area (TPSA) is 127 Å². The van der Waals surface area contributed by atoms with Crippen molar-refractivity contribution in [1.29, 1.82) is 0 Å². The summed E-state index contributed by atoms with van der Waals surface area (Å²) in [6.07, 6.45) is 1.33. The molecule has 4 aromatic rings. The first-order chi connectivity index (χ1) is 16.4. The normalized spacial score (nSPS) is 11.1. The number of aliphatic imine (C=N–C) groups is 1. The third-order valence-corrected chi connectivity index (χ3v) is 5.06. The lowest BCUT2D eigenvalue weighted by molar-refractivity contribution is -0.385. The van der Waals surface area contributed by atoms with Crippen LogP contribution in [0.5, 0.6) is 11.5 Å². The summed E-state index contributed by atoms with van der Waals surface area (Å²) in [5.74, 6) is -0.393. The Bertz CT molecular complexity index is 1390. The number of para-hydroxylation sites is 1. The summed E-state index contributed by atoms with van der Waals surface area (Å²) in [5, 5.41) is 25.2. The maximum Gasteiger partial charge on any atom is 0.291 e. The van der Waals surface area contributed by atoms with Crippen LogP contribution < -0.4 is 10.1 Å². The minimum absolute atomic E-state index is 0.0120. The van der Waals surface area contributed by atoms with E-state index in [0.717, 1.165) is 10.9 Å². The Hall–Kier alpha value is -4.66. The van der Waals surface area contributed by atoms with Gasteiger partial charge in [-0.15, -0.1) is 0 Å². The lowest BCUT2D eigenvalue weighted by atomic mass is 10.1. The van der Waals surface area contributed by atoms with Gasteiger partial charge < -0.3 is 19.6 Å². The lowest BCUT2D eigenvalue weighted by Gasteiger charge is -2.09. The highest BCUT2D eigenvalue weighted by Gasteiger charge is 2.17. The highest BCUT2D eigenvalue weighted by Crippen LogP contribution is 2.34. The van der Waals surface area contributed by atoms with Crippen molar-refractivity contribution in [3.8, 4) is 11.5 Å². The maximum absolute atomic E-state index is 12.6. The van der Waals surface area contributed by atoms with Crippen molar-refractivity contribution in [3.63, 3.8) is 0 Å². The SMILES string of the molecule is CCOc1cc([N+](=O)[O-])cc(C=Nc2ccc(NC(=O)c3cc4ccccc4o3)c(C)c2)c1O. The van der Waals surface area contributed by atoms with Gasteiger partial charge in [0, 0.05) is 28.9 Å². The molecule has 0 fully saturated rings. The standard InChI is InChI=1S/C25H21N3O6/c1-3-33-22-13-19(28(31)32)11-17(24(22)29)14-26-18-8-9-20(15(2)10-18)27-25(30)23-12-16-6-4-5-7-21(16)34-23/h4-14,29H,3H2,1-2H3,(H,27,30).